The van der Waals surface area contributed by atoms with E-state index in [2.05, 4.69) is 16.3 Å². The number of carbonyl (C=O) groups is 2. The zero-order valence-electron chi connectivity index (χ0n) is 17.4. The van der Waals surface area contributed by atoms with E-state index < -0.39 is 12.1 Å². The van der Waals surface area contributed by atoms with E-state index in [1.54, 1.807) is 19.1 Å². The minimum atomic E-state index is -0.418. The Balaban J connectivity index is 1.62. The summed E-state index contributed by atoms with van der Waals surface area (Å²) in [4.78, 5) is 29.4. The summed E-state index contributed by atoms with van der Waals surface area (Å²) in [6.45, 7) is 3.66. The van der Waals surface area contributed by atoms with Crippen LogP contribution in [0.3, 0.4) is 0 Å². The van der Waals surface area contributed by atoms with E-state index >= 15 is 0 Å². The lowest BCUT2D eigenvalue weighted by molar-refractivity contribution is -0.153. The van der Waals surface area contributed by atoms with Crippen LogP contribution in [0, 0.1) is 0 Å². The van der Waals surface area contributed by atoms with Crippen molar-refractivity contribution in [3.63, 3.8) is 0 Å². The number of hydrogen-bond donors (Lipinski definition) is 2. The van der Waals surface area contributed by atoms with Crippen LogP contribution in [0.15, 0.2) is 18.2 Å². The molecule has 0 radical (unpaired) electrons. The van der Waals surface area contributed by atoms with Crippen LogP contribution in [0.4, 0.5) is 0 Å². The molecule has 0 unspecified atom stereocenters. The second kappa shape index (κ2) is 10.0. The zero-order valence-corrected chi connectivity index (χ0v) is 17.4. The molecule has 1 aromatic rings. The maximum absolute atomic E-state index is 12.8. The third kappa shape index (κ3) is 5.07. The van der Waals surface area contributed by atoms with E-state index in [4.69, 9.17) is 15.2 Å². The predicted molar refractivity (Wildman–Crippen MR) is 109 cm³/mol. The summed E-state index contributed by atoms with van der Waals surface area (Å²) in [5.74, 6) is 0.790. The highest BCUT2D eigenvalue weighted by Crippen LogP contribution is 2.24. The third-order valence-electron chi connectivity index (χ3n) is 5.66. The molecule has 2 saturated heterocycles. The Kier molecular flexibility index (Phi) is 7.46. The number of benzene rings is 1. The van der Waals surface area contributed by atoms with Crippen LogP contribution >= 0.6 is 0 Å². The fraction of sp³-hybridized carbons (Fsp3) is 0.619. The van der Waals surface area contributed by atoms with Crippen LogP contribution < -0.4 is 15.8 Å². The summed E-state index contributed by atoms with van der Waals surface area (Å²) in [5, 5.41) is 2.92. The smallest absolute Gasteiger partial charge is 0.245 e. The predicted octanol–water partition coefficient (Wildman–Crippen LogP) is 0.482. The standard InChI is InChI=1S/C21H32N4O4/c1-28-14-16-11-15(6-7-19(16)29-2)12-24-9-10-25-18(13-24)20(26)23-17(21(25)27)5-3-4-8-22/h6-7,11,17-18H,3-5,8-10,12-14,22H2,1-2H3,(H,23,26)/t17-,18+/m0/s1. The molecule has 3 rings (SSSR count). The van der Waals surface area contributed by atoms with Gasteiger partial charge in [-0.1, -0.05) is 6.07 Å². The fourth-order valence-corrected chi connectivity index (χ4v) is 4.15. The SMILES string of the molecule is COCc1cc(CN2CCN3C(=O)[C@H](CCCCN)NC(=O)[C@H]3C2)ccc1OC. The van der Waals surface area contributed by atoms with Gasteiger partial charge in [-0.15, -0.1) is 0 Å². The van der Waals surface area contributed by atoms with E-state index in [1.807, 2.05) is 12.1 Å². The number of ether oxygens (including phenoxy) is 2. The van der Waals surface area contributed by atoms with Crippen molar-refractivity contribution in [3.05, 3.63) is 29.3 Å². The molecule has 2 fully saturated rings. The minimum absolute atomic E-state index is 0.0399. The molecule has 0 bridgehead atoms. The van der Waals surface area contributed by atoms with Crippen molar-refractivity contribution in [2.45, 2.75) is 44.5 Å². The molecular weight excluding hydrogens is 372 g/mol. The highest BCUT2D eigenvalue weighted by Gasteiger charge is 2.42. The first-order valence-electron chi connectivity index (χ1n) is 10.3. The topological polar surface area (TPSA) is 97.1 Å². The van der Waals surface area contributed by atoms with E-state index in [0.717, 1.165) is 36.3 Å². The van der Waals surface area contributed by atoms with Gasteiger partial charge in [-0.2, -0.15) is 0 Å². The second-order valence-electron chi connectivity index (χ2n) is 7.71. The van der Waals surface area contributed by atoms with Gasteiger partial charge < -0.3 is 25.4 Å². The largest absolute Gasteiger partial charge is 0.496 e. The number of amides is 2. The van der Waals surface area contributed by atoms with E-state index in [1.165, 1.54) is 0 Å². The number of fused-ring (bicyclic) bond motifs is 1. The Hall–Kier alpha value is -2.16. The molecule has 2 heterocycles. The maximum atomic E-state index is 12.8. The van der Waals surface area contributed by atoms with Crippen LogP contribution in [0.1, 0.15) is 30.4 Å². The number of hydrogen-bond acceptors (Lipinski definition) is 6. The summed E-state index contributed by atoms with van der Waals surface area (Å²) in [7, 11) is 3.31. The molecule has 0 aliphatic carbocycles. The van der Waals surface area contributed by atoms with Crippen LogP contribution in [0.25, 0.3) is 0 Å². The van der Waals surface area contributed by atoms with Gasteiger partial charge in [-0.3, -0.25) is 14.5 Å². The number of carbonyl (C=O) groups excluding carboxylic acids is 2. The molecule has 29 heavy (non-hydrogen) atoms. The Morgan fingerprint density at radius 1 is 1.21 bits per heavy atom. The number of nitrogens with zero attached hydrogens (tertiary/aromatic N) is 2. The van der Waals surface area contributed by atoms with Gasteiger partial charge in [0, 0.05) is 38.9 Å². The van der Waals surface area contributed by atoms with Crippen molar-refractivity contribution in [2.24, 2.45) is 5.73 Å². The first kappa shape index (κ1) is 21.5. The molecule has 1 aromatic carbocycles. The number of rotatable bonds is 9. The van der Waals surface area contributed by atoms with E-state index in [0.29, 0.717) is 39.2 Å². The van der Waals surface area contributed by atoms with Crippen molar-refractivity contribution < 1.29 is 19.1 Å². The fourth-order valence-electron chi connectivity index (χ4n) is 4.15. The van der Waals surface area contributed by atoms with Gasteiger partial charge in [0.25, 0.3) is 0 Å². The molecule has 2 amide bonds. The van der Waals surface area contributed by atoms with Gasteiger partial charge in [-0.25, -0.2) is 0 Å². The number of piperazine rings is 2. The lowest BCUT2D eigenvalue weighted by Crippen LogP contribution is -2.69. The van der Waals surface area contributed by atoms with Gasteiger partial charge >= 0.3 is 0 Å². The molecular formula is C21H32N4O4. The molecule has 3 N–H and O–H groups in total. The summed E-state index contributed by atoms with van der Waals surface area (Å²) in [5.41, 5.74) is 7.66. The molecule has 2 aliphatic rings. The summed E-state index contributed by atoms with van der Waals surface area (Å²) >= 11 is 0. The van der Waals surface area contributed by atoms with Crippen molar-refractivity contribution in [2.75, 3.05) is 40.4 Å². The summed E-state index contributed by atoms with van der Waals surface area (Å²) in [6, 6.07) is 5.23. The second-order valence-corrected chi connectivity index (χ2v) is 7.71. The molecule has 8 heteroatoms. The Morgan fingerprint density at radius 2 is 2.03 bits per heavy atom. The van der Waals surface area contributed by atoms with Crippen LogP contribution in [0.5, 0.6) is 5.75 Å². The van der Waals surface area contributed by atoms with Crippen molar-refractivity contribution in [1.29, 1.82) is 0 Å². The third-order valence-corrected chi connectivity index (χ3v) is 5.66. The van der Waals surface area contributed by atoms with Crippen LogP contribution in [-0.2, 0) is 27.5 Å². The number of unbranched alkanes of at least 4 members (excludes halogenated alkanes) is 1. The monoisotopic (exact) mass is 404 g/mol. The Bertz CT molecular complexity index is 727. The first-order valence-corrected chi connectivity index (χ1v) is 10.3. The number of nitrogens with one attached hydrogen (secondary N) is 1. The molecule has 160 valence electrons. The first-order chi connectivity index (χ1) is 14.1. The van der Waals surface area contributed by atoms with Gasteiger partial charge in [0.05, 0.1) is 13.7 Å². The van der Waals surface area contributed by atoms with Crippen LogP contribution in [-0.4, -0.2) is 74.1 Å². The van der Waals surface area contributed by atoms with Gasteiger partial charge in [0.1, 0.15) is 17.8 Å². The average Bonchev–Trinajstić information content (AvgIpc) is 2.72. The van der Waals surface area contributed by atoms with Gasteiger partial charge in [0.15, 0.2) is 0 Å². The Labute approximate surface area is 172 Å². The quantitative estimate of drug-likeness (QED) is 0.581. The summed E-state index contributed by atoms with van der Waals surface area (Å²) in [6.07, 6.45) is 2.37. The molecule has 0 aromatic heterocycles. The van der Waals surface area contributed by atoms with E-state index in [-0.39, 0.29) is 11.8 Å². The normalized spacial score (nSPS) is 22.4. The molecule has 0 spiro atoms. The molecule has 8 nitrogen and oxygen atoms in total. The minimum Gasteiger partial charge on any atom is -0.496 e. The van der Waals surface area contributed by atoms with Gasteiger partial charge in [0.2, 0.25) is 11.8 Å². The lowest BCUT2D eigenvalue weighted by Gasteiger charge is -2.45. The molecule has 2 atom stereocenters. The van der Waals surface area contributed by atoms with Gasteiger partial charge in [-0.05, 0) is 43.5 Å². The summed E-state index contributed by atoms with van der Waals surface area (Å²) < 4.78 is 10.6. The molecule has 0 saturated carbocycles. The number of methoxy groups -OCH3 is 2. The maximum Gasteiger partial charge on any atom is 0.245 e. The highest BCUT2D eigenvalue weighted by molar-refractivity contribution is 5.97. The average molecular weight is 405 g/mol. The molecule has 2 aliphatic heterocycles. The van der Waals surface area contributed by atoms with Crippen LogP contribution in [0.2, 0.25) is 0 Å². The van der Waals surface area contributed by atoms with Crippen molar-refractivity contribution in [3.8, 4) is 5.75 Å². The zero-order chi connectivity index (χ0) is 20.8. The highest BCUT2D eigenvalue weighted by atomic mass is 16.5. The number of nitrogens with two attached hydrogens (primary N) is 1. The lowest BCUT2D eigenvalue weighted by atomic mass is 10.00. The van der Waals surface area contributed by atoms with Crippen molar-refractivity contribution >= 4 is 11.8 Å². The van der Waals surface area contributed by atoms with E-state index in [9.17, 15) is 9.59 Å². The Morgan fingerprint density at radius 3 is 2.76 bits per heavy atom. The van der Waals surface area contributed by atoms with Crippen molar-refractivity contribution in [1.82, 2.24) is 15.1 Å².